The topological polar surface area (TPSA) is 64.3 Å². The lowest BCUT2D eigenvalue weighted by Gasteiger charge is -2.12. The quantitative estimate of drug-likeness (QED) is 0.811. The fourth-order valence-electron chi connectivity index (χ4n) is 1.26. The van der Waals surface area contributed by atoms with E-state index in [-0.39, 0.29) is 0 Å². The maximum Gasteiger partial charge on any atom is 0.405 e. The van der Waals surface area contributed by atoms with Crippen LogP contribution in [0.15, 0.2) is 18.2 Å². The van der Waals surface area contributed by atoms with Crippen molar-refractivity contribution in [1.29, 1.82) is 0 Å². The van der Waals surface area contributed by atoms with Gasteiger partial charge in [0.1, 0.15) is 12.3 Å². The van der Waals surface area contributed by atoms with E-state index in [4.69, 9.17) is 10.5 Å². The van der Waals surface area contributed by atoms with Gasteiger partial charge in [0, 0.05) is 0 Å². The summed E-state index contributed by atoms with van der Waals surface area (Å²) in [5.41, 5.74) is 6.65. The Kier molecular flexibility index (Phi) is 4.41. The van der Waals surface area contributed by atoms with E-state index >= 15 is 0 Å². The number of carbonyl (C=O) groups is 1. The van der Waals surface area contributed by atoms with Crippen LogP contribution in [0.1, 0.15) is 5.56 Å². The van der Waals surface area contributed by atoms with Crippen LogP contribution in [0.4, 0.5) is 18.9 Å². The zero-order chi connectivity index (χ0) is 13.8. The van der Waals surface area contributed by atoms with Crippen LogP contribution in [0.3, 0.4) is 0 Å². The Balaban J connectivity index is 2.48. The zero-order valence-corrected chi connectivity index (χ0v) is 9.67. The Labute approximate surface area is 102 Å². The predicted molar refractivity (Wildman–Crippen MR) is 60.2 cm³/mol. The molecule has 100 valence electrons. The minimum atomic E-state index is -4.43. The van der Waals surface area contributed by atoms with E-state index < -0.39 is 25.2 Å². The van der Waals surface area contributed by atoms with Crippen molar-refractivity contribution in [2.24, 2.45) is 0 Å². The van der Waals surface area contributed by atoms with Crippen LogP contribution >= 0.6 is 0 Å². The van der Waals surface area contributed by atoms with Crippen molar-refractivity contribution in [3.63, 3.8) is 0 Å². The van der Waals surface area contributed by atoms with Crippen molar-refractivity contribution in [1.82, 2.24) is 5.32 Å². The number of carbonyl (C=O) groups excluding carboxylic acids is 1. The van der Waals surface area contributed by atoms with Crippen LogP contribution in [0.5, 0.6) is 5.75 Å². The molecule has 4 nitrogen and oxygen atoms in total. The molecule has 0 fully saturated rings. The summed E-state index contributed by atoms with van der Waals surface area (Å²) in [6.07, 6.45) is -4.43. The van der Waals surface area contributed by atoms with Crippen molar-refractivity contribution in [3.05, 3.63) is 23.8 Å². The average molecular weight is 262 g/mol. The largest absolute Gasteiger partial charge is 0.481 e. The zero-order valence-electron chi connectivity index (χ0n) is 9.67. The number of alkyl halides is 3. The van der Waals surface area contributed by atoms with E-state index in [0.29, 0.717) is 17.0 Å². The molecule has 0 saturated carbocycles. The molecule has 1 rings (SSSR count). The highest BCUT2D eigenvalue weighted by molar-refractivity contribution is 5.77. The van der Waals surface area contributed by atoms with Gasteiger partial charge in [-0.25, -0.2) is 0 Å². The van der Waals surface area contributed by atoms with E-state index in [0.717, 1.165) is 0 Å². The van der Waals surface area contributed by atoms with Gasteiger partial charge in [-0.2, -0.15) is 13.2 Å². The molecule has 0 atom stereocenters. The van der Waals surface area contributed by atoms with Gasteiger partial charge in [0.05, 0.1) is 5.69 Å². The average Bonchev–Trinajstić information content (AvgIpc) is 2.25. The van der Waals surface area contributed by atoms with Crippen molar-refractivity contribution in [2.45, 2.75) is 13.1 Å². The van der Waals surface area contributed by atoms with E-state index in [1.165, 1.54) is 0 Å². The third-order valence-electron chi connectivity index (χ3n) is 2.08. The van der Waals surface area contributed by atoms with E-state index in [1.807, 2.05) is 0 Å². The highest BCUT2D eigenvalue weighted by Gasteiger charge is 2.27. The number of para-hydroxylation sites is 1. The number of nitrogens with two attached hydrogens (primary N) is 1. The van der Waals surface area contributed by atoms with E-state index in [1.54, 1.807) is 30.4 Å². The number of hydrogen-bond donors (Lipinski definition) is 2. The molecule has 0 bridgehead atoms. The molecule has 1 amide bonds. The molecular formula is C11H13F3N2O2. The summed E-state index contributed by atoms with van der Waals surface area (Å²) in [7, 11) is 0. The maximum absolute atomic E-state index is 11.8. The summed E-state index contributed by atoms with van der Waals surface area (Å²) in [5.74, 6) is -0.547. The first kappa shape index (κ1) is 14.1. The molecular weight excluding hydrogens is 249 g/mol. The Morgan fingerprint density at radius 2 is 2.11 bits per heavy atom. The number of aryl methyl sites for hydroxylation is 1. The lowest BCUT2D eigenvalue weighted by molar-refractivity contribution is -0.139. The Morgan fingerprint density at radius 1 is 1.44 bits per heavy atom. The number of benzene rings is 1. The molecule has 0 aliphatic carbocycles. The van der Waals surface area contributed by atoms with Gasteiger partial charge in [-0.3, -0.25) is 4.79 Å². The number of halogens is 3. The lowest BCUT2D eigenvalue weighted by atomic mass is 10.2. The molecule has 1 aromatic carbocycles. The summed E-state index contributed by atoms with van der Waals surface area (Å²) in [5, 5.41) is 1.70. The van der Waals surface area contributed by atoms with Crippen LogP contribution in [0, 0.1) is 6.92 Å². The molecule has 0 aliphatic rings. The lowest BCUT2D eigenvalue weighted by Crippen LogP contribution is -2.36. The molecule has 1 aromatic rings. The van der Waals surface area contributed by atoms with E-state index in [9.17, 15) is 18.0 Å². The Morgan fingerprint density at radius 3 is 2.67 bits per heavy atom. The minimum Gasteiger partial charge on any atom is -0.481 e. The number of anilines is 1. The molecule has 18 heavy (non-hydrogen) atoms. The third-order valence-corrected chi connectivity index (χ3v) is 2.08. The summed E-state index contributed by atoms with van der Waals surface area (Å²) < 4.78 is 40.6. The highest BCUT2D eigenvalue weighted by Crippen LogP contribution is 2.25. The van der Waals surface area contributed by atoms with Gasteiger partial charge in [0.15, 0.2) is 6.61 Å². The molecule has 7 heteroatoms. The van der Waals surface area contributed by atoms with Crippen LogP contribution < -0.4 is 15.8 Å². The monoisotopic (exact) mass is 262 g/mol. The fourth-order valence-corrected chi connectivity index (χ4v) is 1.26. The van der Waals surface area contributed by atoms with Crippen LogP contribution in [-0.4, -0.2) is 25.2 Å². The first-order chi connectivity index (χ1) is 8.29. The number of amides is 1. The summed E-state index contributed by atoms with van der Waals surface area (Å²) in [6, 6.07) is 5.01. The molecule has 0 heterocycles. The molecule has 0 spiro atoms. The summed E-state index contributed by atoms with van der Waals surface area (Å²) in [6.45, 7) is -0.164. The highest BCUT2D eigenvalue weighted by atomic mass is 19.4. The number of hydrogen-bond acceptors (Lipinski definition) is 3. The van der Waals surface area contributed by atoms with E-state index in [2.05, 4.69) is 0 Å². The SMILES string of the molecule is Cc1cccc(N)c1OCC(=O)NCC(F)(F)F. The van der Waals surface area contributed by atoms with Gasteiger partial charge in [-0.05, 0) is 18.6 Å². The van der Waals surface area contributed by atoms with Crippen molar-refractivity contribution < 1.29 is 22.7 Å². The minimum absolute atomic E-state index is 0.305. The summed E-state index contributed by atoms with van der Waals surface area (Å²) >= 11 is 0. The second-order valence-corrected chi connectivity index (χ2v) is 3.67. The van der Waals surface area contributed by atoms with Crippen LogP contribution in [0.25, 0.3) is 0 Å². The maximum atomic E-state index is 11.8. The van der Waals surface area contributed by atoms with Gasteiger partial charge >= 0.3 is 6.18 Å². The van der Waals surface area contributed by atoms with Crippen molar-refractivity contribution in [2.75, 3.05) is 18.9 Å². The fraction of sp³-hybridized carbons (Fsp3) is 0.364. The molecule has 0 unspecified atom stereocenters. The predicted octanol–water partition coefficient (Wildman–Crippen LogP) is 1.63. The Hall–Kier alpha value is -1.92. The number of ether oxygens (including phenoxy) is 1. The van der Waals surface area contributed by atoms with Crippen LogP contribution in [0.2, 0.25) is 0 Å². The summed E-state index contributed by atoms with van der Waals surface area (Å²) in [4.78, 5) is 11.1. The second-order valence-electron chi connectivity index (χ2n) is 3.67. The smallest absolute Gasteiger partial charge is 0.405 e. The van der Waals surface area contributed by atoms with Gasteiger partial charge in [0.25, 0.3) is 5.91 Å². The van der Waals surface area contributed by atoms with Crippen LogP contribution in [-0.2, 0) is 4.79 Å². The molecule has 3 N–H and O–H groups in total. The number of rotatable bonds is 4. The Bertz CT molecular complexity index is 413. The number of nitrogen functional groups attached to an aromatic ring is 1. The third kappa shape index (κ3) is 4.52. The van der Waals surface area contributed by atoms with Gasteiger partial charge in [-0.1, -0.05) is 12.1 Å². The normalized spacial score (nSPS) is 11.1. The number of nitrogens with one attached hydrogen (secondary N) is 1. The van der Waals surface area contributed by atoms with Gasteiger partial charge in [-0.15, -0.1) is 0 Å². The molecule has 0 aromatic heterocycles. The first-order valence-corrected chi connectivity index (χ1v) is 5.11. The van der Waals surface area contributed by atoms with Crippen molar-refractivity contribution in [3.8, 4) is 5.75 Å². The first-order valence-electron chi connectivity index (χ1n) is 5.11. The van der Waals surface area contributed by atoms with Crippen molar-refractivity contribution >= 4 is 11.6 Å². The molecule has 0 saturated heterocycles. The standard InChI is InChI=1S/C11H13F3N2O2/c1-7-3-2-4-8(15)10(7)18-5-9(17)16-6-11(12,13)14/h2-4H,5-6,15H2,1H3,(H,16,17). The van der Waals surface area contributed by atoms with Gasteiger partial charge < -0.3 is 15.8 Å². The molecule has 0 radical (unpaired) electrons. The second kappa shape index (κ2) is 5.61. The molecule has 0 aliphatic heterocycles. The van der Waals surface area contributed by atoms with Gasteiger partial charge in [0.2, 0.25) is 0 Å².